The Morgan fingerprint density at radius 3 is 2.35 bits per heavy atom. The lowest BCUT2D eigenvalue weighted by molar-refractivity contribution is -0.131. The van der Waals surface area contributed by atoms with Gasteiger partial charge in [0, 0.05) is 51.9 Å². The van der Waals surface area contributed by atoms with Crippen LogP contribution in [0.2, 0.25) is 0 Å². The summed E-state index contributed by atoms with van der Waals surface area (Å²) in [5, 5.41) is 12.2. The Bertz CT molecular complexity index is 1750. The maximum atomic E-state index is 13.7. The topological polar surface area (TPSA) is 180 Å². The van der Waals surface area contributed by atoms with Crippen LogP contribution in [0, 0.1) is 0 Å². The van der Waals surface area contributed by atoms with Crippen molar-refractivity contribution in [3.05, 3.63) is 89.5 Å². The standard InChI is InChI=1S/C34H41N5O8S/c1-24(40)37-15-16-38(20-28(35)19-37)33(42)22-39(21-32(41)36-14-13-25-7-6-10-29(18-25)48(2,45)46)30-11-3-4-12-31(30)47-23-26-8-5-9-27(17-26)34(43)44/h3-12,17-18,28H,13-16,19-23,35H2,1-2H3,(H,36,41)(H,43,44). The zero-order valence-corrected chi connectivity index (χ0v) is 27.8. The molecule has 0 bridgehead atoms. The minimum atomic E-state index is -3.38. The first-order valence-electron chi connectivity index (χ1n) is 15.4. The summed E-state index contributed by atoms with van der Waals surface area (Å²) in [6, 6.07) is 19.4. The van der Waals surface area contributed by atoms with E-state index in [0.29, 0.717) is 36.5 Å². The van der Waals surface area contributed by atoms with Crippen molar-refractivity contribution in [1.82, 2.24) is 15.1 Å². The van der Waals surface area contributed by atoms with Crippen molar-refractivity contribution in [2.45, 2.75) is 30.9 Å². The van der Waals surface area contributed by atoms with Gasteiger partial charge in [-0.1, -0.05) is 36.4 Å². The van der Waals surface area contributed by atoms with E-state index < -0.39 is 21.8 Å². The van der Waals surface area contributed by atoms with Crippen molar-refractivity contribution in [1.29, 1.82) is 0 Å². The number of carboxylic acid groups (broad SMARTS) is 1. The SMILES string of the molecule is CC(=O)N1CCN(C(=O)CN(CC(=O)NCCc2cccc(S(C)(=O)=O)c2)c2ccccc2OCc2cccc(C(=O)O)c2)CC(N)C1. The Morgan fingerprint density at radius 1 is 0.938 bits per heavy atom. The Kier molecular flexibility index (Phi) is 12.1. The van der Waals surface area contributed by atoms with Crippen LogP contribution in [-0.4, -0.2) is 105 Å². The summed E-state index contributed by atoms with van der Waals surface area (Å²) in [5.41, 5.74) is 8.20. The molecular formula is C34H41N5O8S. The van der Waals surface area contributed by atoms with E-state index in [1.165, 1.54) is 25.1 Å². The lowest BCUT2D eigenvalue weighted by atomic mass is 10.1. The maximum absolute atomic E-state index is 13.7. The third kappa shape index (κ3) is 10.3. The highest BCUT2D eigenvalue weighted by Gasteiger charge is 2.27. The third-order valence-corrected chi connectivity index (χ3v) is 8.96. The van der Waals surface area contributed by atoms with E-state index >= 15 is 0 Å². The summed E-state index contributed by atoms with van der Waals surface area (Å²) in [7, 11) is -3.38. The zero-order chi connectivity index (χ0) is 34.8. The number of nitrogens with two attached hydrogens (primary N) is 1. The Morgan fingerprint density at radius 2 is 1.62 bits per heavy atom. The second kappa shape index (κ2) is 16.2. The monoisotopic (exact) mass is 679 g/mol. The smallest absolute Gasteiger partial charge is 0.335 e. The van der Waals surface area contributed by atoms with Gasteiger partial charge in [-0.25, -0.2) is 13.2 Å². The van der Waals surface area contributed by atoms with Gasteiger partial charge in [-0.05, 0) is 53.9 Å². The average molecular weight is 680 g/mol. The number of sulfone groups is 1. The van der Waals surface area contributed by atoms with E-state index in [1.807, 2.05) is 0 Å². The fraction of sp³-hybridized carbons (Fsp3) is 0.353. The summed E-state index contributed by atoms with van der Waals surface area (Å²) in [6.45, 7) is 2.54. The number of carboxylic acids is 1. The molecule has 0 aromatic heterocycles. The number of rotatable bonds is 13. The number of ether oxygens (including phenoxy) is 1. The molecule has 1 atom stereocenters. The number of anilines is 1. The molecule has 0 saturated carbocycles. The molecule has 256 valence electrons. The lowest BCUT2D eigenvalue weighted by Crippen LogP contribution is -2.48. The van der Waals surface area contributed by atoms with Crippen LogP contribution >= 0.6 is 0 Å². The van der Waals surface area contributed by atoms with Crippen LogP contribution in [0.4, 0.5) is 5.69 Å². The predicted molar refractivity (Wildman–Crippen MR) is 179 cm³/mol. The van der Waals surface area contributed by atoms with E-state index in [0.717, 1.165) is 11.8 Å². The second-order valence-corrected chi connectivity index (χ2v) is 13.7. The normalized spacial score (nSPS) is 14.9. The molecule has 1 aliphatic heterocycles. The molecule has 13 nitrogen and oxygen atoms in total. The molecule has 4 rings (SSSR count). The summed E-state index contributed by atoms with van der Waals surface area (Å²) >= 11 is 0. The first-order chi connectivity index (χ1) is 22.8. The number of carbonyl (C=O) groups is 4. The highest BCUT2D eigenvalue weighted by Crippen LogP contribution is 2.29. The summed E-state index contributed by atoms with van der Waals surface area (Å²) in [6.07, 6.45) is 1.53. The largest absolute Gasteiger partial charge is 0.487 e. The van der Waals surface area contributed by atoms with Crippen LogP contribution < -0.4 is 20.7 Å². The van der Waals surface area contributed by atoms with Crippen LogP contribution in [0.3, 0.4) is 0 Å². The van der Waals surface area contributed by atoms with Gasteiger partial charge in [-0.3, -0.25) is 14.4 Å². The number of benzene rings is 3. The van der Waals surface area contributed by atoms with Crippen LogP contribution in [0.5, 0.6) is 5.75 Å². The van der Waals surface area contributed by atoms with Gasteiger partial charge in [0.25, 0.3) is 0 Å². The first kappa shape index (κ1) is 35.9. The van der Waals surface area contributed by atoms with Gasteiger partial charge in [0.2, 0.25) is 17.7 Å². The van der Waals surface area contributed by atoms with E-state index in [2.05, 4.69) is 5.32 Å². The number of carbonyl (C=O) groups excluding carboxylic acids is 3. The molecule has 48 heavy (non-hydrogen) atoms. The molecule has 0 radical (unpaired) electrons. The number of aromatic carboxylic acids is 1. The fourth-order valence-corrected chi connectivity index (χ4v) is 6.04. The summed E-state index contributed by atoms with van der Waals surface area (Å²) < 4.78 is 30.0. The molecule has 0 aliphatic carbocycles. The van der Waals surface area contributed by atoms with Gasteiger partial charge in [0.15, 0.2) is 9.84 Å². The van der Waals surface area contributed by atoms with Crippen molar-refractivity contribution < 1.29 is 37.4 Å². The van der Waals surface area contributed by atoms with Crippen LogP contribution in [0.25, 0.3) is 0 Å². The van der Waals surface area contributed by atoms with Gasteiger partial charge in [0.05, 0.1) is 29.2 Å². The molecule has 3 aromatic rings. The number of hydrogen-bond donors (Lipinski definition) is 3. The van der Waals surface area contributed by atoms with Crippen molar-refractivity contribution in [2.24, 2.45) is 5.73 Å². The Labute approximate surface area is 280 Å². The molecule has 3 amide bonds. The predicted octanol–water partition coefficient (Wildman–Crippen LogP) is 1.55. The van der Waals surface area contributed by atoms with Crippen LogP contribution in [0.15, 0.2) is 77.7 Å². The quantitative estimate of drug-likeness (QED) is 0.240. The van der Waals surface area contributed by atoms with Gasteiger partial charge in [-0.15, -0.1) is 0 Å². The Hall–Kier alpha value is -4.95. The molecule has 1 aliphatic rings. The van der Waals surface area contributed by atoms with Gasteiger partial charge < -0.3 is 35.6 Å². The maximum Gasteiger partial charge on any atom is 0.335 e. The second-order valence-electron chi connectivity index (χ2n) is 11.7. The summed E-state index contributed by atoms with van der Waals surface area (Å²) in [5.74, 6) is -1.46. The first-order valence-corrected chi connectivity index (χ1v) is 17.3. The van der Waals surface area contributed by atoms with Crippen molar-refractivity contribution in [3.63, 3.8) is 0 Å². The number of amides is 3. The van der Waals surface area contributed by atoms with Crippen molar-refractivity contribution in [3.8, 4) is 5.75 Å². The molecule has 1 saturated heterocycles. The third-order valence-electron chi connectivity index (χ3n) is 7.84. The number of nitrogens with zero attached hydrogens (tertiary/aromatic N) is 3. The lowest BCUT2D eigenvalue weighted by Gasteiger charge is -2.29. The van der Waals surface area contributed by atoms with Gasteiger partial charge >= 0.3 is 5.97 Å². The molecule has 3 aromatic carbocycles. The van der Waals surface area contributed by atoms with Gasteiger partial charge in [-0.2, -0.15) is 0 Å². The van der Waals surface area contributed by atoms with Crippen LogP contribution in [-0.2, 0) is 37.2 Å². The molecule has 1 fully saturated rings. The number of hydrogen-bond acceptors (Lipinski definition) is 9. The minimum Gasteiger partial charge on any atom is -0.487 e. The van der Waals surface area contributed by atoms with E-state index in [1.54, 1.807) is 69.3 Å². The summed E-state index contributed by atoms with van der Waals surface area (Å²) in [4.78, 5) is 55.4. The minimum absolute atomic E-state index is 0.0422. The van der Waals surface area contributed by atoms with Crippen molar-refractivity contribution >= 4 is 39.2 Å². The van der Waals surface area contributed by atoms with E-state index in [4.69, 9.17) is 10.5 Å². The highest BCUT2D eigenvalue weighted by atomic mass is 32.2. The van der Waals surface area contributed by atoms with Gasteiger partial charge in [0.1, 0.15) is 12.4 Å². The molecule has 1 unspecified atom stereocenters. The molecule has 1 heterocycles. The van der Waals surface area contributed by atoms with E-state index in [-0.39, 0.29) is 67.5 Å². The fourth-order valence-electron chi connectivity index (χ4n) is 5.35. The molecular weight excluding hydrogens is 638 g/mol. The number of nitrogens with one attached hydrogen (secondary N) is 1. The highest BCUT2D eigenvalue weighted by molar-refractivity contribution is 7.90. The molecule has 14 heteroatoms. The van der Waals surface area contributed by atoms with Crippen LogP contribution in [0.1, 0.15) is 28.4 Å². The number of para-hydroxylation sites is 2. The Balaban J connectivity index is 1.51. The van der Waals surface area contributed by atoms with Crippen molar-refractivity contribution in [2.75, 3.05) is 57.0 Å². The average Bonchev–Trinajstić information content (AvgIpc) is 3.25. The zero-order valence-electron chi connectivity index (χ0n) is 27.0. The molecule has 4 N–H and O–H groups in total. The van der Waals surface area contributed by atoms with E-state index in [9.17, 15) is 32.7 Å². The molecule has 0 spiro atoms.